The molecule has 2 aliphatic rings. The first kappa shape index (κ1) is 33.9. The van der Waals surface area contributed by atoms with Gasteiger partial charge >= 0.3 is 6.09 Å². The van der Waals surface area contributed by atoms with Gasteiger partial charge in [-0.1, -0.05) is 32.4 Å². The normalized spacial score (nSPS) is 20.4. The second kappa shape index (κ2) is 12.5. The van der Waals surface area contributed by atoms with Crippen LogP contribution in [0.25, 0.3) is 16.8 Å². The minimum absolute atomic E-state index is 0.0827. The van der Waals surface area contributed by atoms with Gasteiger partial charge in [-0.3, -0.25) is 14.7 Å². The van der Waals surface area contributed by atoms with Crippen molar-refractivity contribution in [3.05, 3.63) is 71.0 Å². The Morgan fingerprint density at radius 2 is 1.92 bits per heavy atom. The molecule has 3 aromatic heterocycles. The third-order valence-corrected chi connectivity index (χ3v) is 9.51. The van der Waals surface area contributed by atoms with Gasteiger partial charge in [0.25, 0.3) is 5.91 Å². The molecule has 2 aliphatic heterocycles. The van der Waals surface area contributed by atoms with Crippen molar-refractivity contribution in [1.82, 2.24) is 29.8 Å². The number of nitriles is 1. The van der Waals surface area contributed by atoms with Gasteiger partial charge in [0.1, 0.15) is 30.1 Å². The molecule has 15 heteroatoms. The molecule has 2 N–H and O–H groups in total. The molecule has 0 aliphatic carbocycles. The van der Waals surface area contributed by atoms with E-state index in [1.54, 1.807) is 39.2 Å². The first-order chi connectivity index (χ1) is 23.1. The van der Waals surface area contributed by atoms with E-state index >= 15 is 4.39 Å². The second-order valence-corrected chi connectivity index (χ2v) is 14.3. The number of halogens is 3. The molecule has 0 bridgehead atoms. The topological polar surface area (TPSA) is 149 Å². The number of likely N-dealkylation sites (tertiary alicyclic amines) is 1. The molecule has 49 heavy (non-hydrogen) atoms. The Morgan fingerprint density at radius 3 is 2.55 bits per heavy atom. The second-order valence-electron chi connectivity index (χ2n) is 13.9. The molecule has 2 amide bonds. The lowest BCUT2D eigenvalue weighted by atomic mass is 9.70. The highest BCUT2D eigenvalue weighted by Crippen LogP contribution is 2.44. The number of carboxylic acid groups (broad SMARTS) is 1. The van der Waals surface area contributed by atoms with Crippen LogP contribution in [0, 0.1) is 22.6 Å². The highest BCUT2D eigenvalue weighted by molar-refractivity contribution is 6.33. The number of hydrogen-bond donors (Lipinski definition) is 2. The van der Waals surface area contributed by atoms with Crippen molar-refractivity contribution in [3.63, 3.8) is 0 Å². The fraction of sp³-hybridized carbons (Fsp3) is 0.412. The van der Waals surface area contributed by atoms with E-state index in [1.165, 1.54) is 29.0 Å². The molecule has 0 radical (unpaired) electrons. The fourth-order valence-electron chi connectivity index (χ4n) is 6.82. The first-order valence-electron chi connectivity index (χ1n) is 15.7. The molecule has 12 nitrogen and oxygen atoms in total. The summed E-state index contributed by atoms with van der Waals surface area (Å²) in [6.45, 7) is 7.73. The van der Waals surface area contributed by atoms with Gasteiger partial charge in [-0.2, -0.15) is 10.4 Å². The molecule has 6 rings (SSSR count). The number of alkyl halides is 1. The summed E-state index contributed by atoms with van der Waals surface area (Å²) in [5, 5.41) is 26.8. The smallest absolute Gasteiger partial charge is 0.407 e. The summed E-state index contributed by atoms with van der Waals surface area (Å²) in [4.78, 5) is 37.0. The maximum absolute atomic E-state index is 16.0. The van der Waals surface area contributed by atoms with Gasteiger partial charge < -0.3 is 20.1 Å². The van der Waals surface area contributed by atoms with Crippen LogP contribution < -0.4 is 15.0 Å². The van der Waals surface area contributed by atoms with Gasteiger partial charge in [-0.15, -0.1) is 0 Å². The molecular weight excluding hydrogens is 658 g/mol. The Balaban J connectivity index is 1.18. The van der Waals surface area contributed by atoms with Crippen molar-refractivity contribution in [2.24, 2.45) is 5.41 Å². The number of rotatable bonds is 7. The third kappa shape index (κ3) is 6.55. The quantitative estimate of drug-likeness (QED) is 0.247. The summed E-state index contributed by atoms with van der Waals surface area (Å²) in [5.74, 6) is -0.109. The van der Waals surface area contributed by atoms with E-state index in [1.807, 2.05) is 11.8 Å². The number of aromatic nitrogens is 4. The Kier molecular flexibility index (Phi) is 8.60. The van der Waals surface area contributed by atoms with Crippen molar-refractivity contribution < 1.29 is 28.2 Å². The number of benzene rings is 1. The standard InChI is InChI=1S/C34H35ClF2N8O4/c1-32(2,3)30-34(37,18-44(30)31(47)48)19-49-22-12-24(28-20(13-38)14-41-45(28)17-22)26-15-40-27(16-39-26)43-9-7-33(4,8-10-43)42-29(46)23-11-21(36)5-6-25(23)35/h5-6,11-12,14-17,30H,7-10,18-19H2,1-4H3,(H,42,46)(H,47,48). The summed E-state index contributed by atoms with van der Waals surface area (Å²) in [7, 11) is 0. The zero-order chi connectivity index (χ0) is 35.3. The van der Waals surface area contributed by atoms with Gasteiger partial charge in [0.05, 0.1) is 64.7 Å². The fourth-order valence-corrected chi connectivity index (χ4v) is 7.02. The van der Waals surface area contributed by atoms with E-state index in [0.29, 0.717) is 54.1 Å². The molecule has 4 aromatic rings. The van der Waals surface area contributed by atoms with Crippen LogP contribution in [0.4, 0.5) is 19.4 Å². The van der Waals surface area contributed by atoms with Crippen LogP contribution in [0.15, 0.2) is 49.1 Å². The number of hydrogen-bond acceptors (Lipinski definition) is 8. The number of carbonyl (C=O) groups excluding carboxylic acids is 1. The number of nitrogens with one attached hydrogen (secondary N) is 1. The predicted octanol–water partition coefficient (Wildman–Crippen LogP) is 5.74. The van der Waals surface area contributed by atoms with E-state index < -0.39 is 40.5 Å². The Bertz CT molecular complexity index is 1970. The highest BCUT2D eigenvalue weighted by atomic mass is 35.5. The lowest BCUT2D eigenvalue weighted by Crippen LogP contribution is -2.74. The summed E-state index contributed by atoms with van der Waals surface area (Å²) in [6, 6.07) is 6.56. The molecule has 0 spiro atoms. The SMILES string of the molecule is CC1(NC(=O)c2cc(F)ccc2Cl)CCN(c2cnc(-c3cc(OCC4(F)CN(C(=O)O)C4C(C)(C)C)cn4ncc(C#N)c34)cn2)CC1. The van der Waals surface area contributed by atoms with Crippen molar-refractivity contribution in [2.45, 2.75) is 57.8 Å². The summed E-state index contributed by atoms with van der Waals surface area (Å²) < 4.78 is 37.2. The van der Waals surface area contributed by atoms with E-state index in [4.69, 9.17) is 16.3 Å². The van der Waals surface area contributed by atoms with Crippen LogP contribution in [0.3, 0.4) is 0 Å². The Labute approximate surface area is 286 Å². The van der Waals surface area contributed by atoms with Gasteiger partial charge in [0.2, 0.25) is 0 Å². The molecule has 0 saturated carbocycles. The number of amides is 2. The zero-order valence-corrected chi connectivity index (χ0v) is 28.1. The largest absolute Gasteiger partial charge is 0.488 e. The average molecular weight is 693 g/mol. The van der Waals surface area contributed by atoms with Crippen LogP contribution in [0.2, 0.25) is 5.02 Å². The molecule has 256 valence electrons. The lowest BCUT2D eigenvalue weighted by Gasteiger charge is -2.56. The molecule has 2 unspecified atom stereocenters. The molecule has 2 atom stereocenters. The molecular formula is C34H35ClF2N8O4. The summed E-state index contributed by atoms with van der Waals surface area (Å²) >= 11 is 6.13. The monoisotopic (exact) mass is 692 g/mol. The number of nitrogens with zero attached hydrogens (tertiary/aromatic N) is 7. The highest BCUT2D eigenvalue weighted by Gasteiger charge is 2.61. The lowest BCUT2D eigenvalue weighted by molar-refractivity contribution is -0.140. The predicted molar refractivity (Wildman–Crippen MR) is 177 cm³/mol. The van der Waals surface area contributed by atoms with Crippen molar-refractivity contribution in [3.8, 4) is 23.1 Å². The Morgan fingerprint density at radius 1 is 1.18 bits per heavy atom. The van der Waals surface area contributed by atoms with Crippen LogP contribution in [-0.2, 0) is 0 Å². The Hall–Kier alpha value is -5.03. The number of anilines is 1. The molecule has 2 fully saturated rings. The van der Waals surface area contributed by atoms with E-state index in [-0.39, 0.29) is 29.5 Å². The van der Waals surface area contributed by atoms with Crippen LogP contribution in [0.1, 0.15) is 56.5 Å². The van der Waals surface area contributed by atoms with Gasteiger partial charge in [-0.25, -0.2) is 23.1 Å². The average Bonchev–Trinajstić information content (AvgIpc) is 3.46. The van der Waals surface area contributed by atoms with Gasteiger partial charge in [0.15, 0.2) is 5.67 Å². The van der Waals surface area contributed by atoms with E-state index in [0.717, 1.165) is 11.0 Å². The van der Waals surface area contributed by atoms with Crippen molar-refractivity contribution in [1.29, 1.82) is 5.26 Å². The number of fused-ring (bicyclic) bond motifs is 1. The maximum Gasteiger partial charge on any atom is 0.407 e. The molecule has 5 heterocycles. The number of piperidine rings is 1. The van der Waals surface area contributed by atoms with E-state index in [9.17, 15) is 24.3 Å². The van der Waals surface area contributed by atoms with Crippen molar-refractivity contribution >= 4 is 34.9 Å². The van der Waals surface area contributed by atoms with Gasteiger partial charge in [0, 0.05) is 24.2 Å². The van der Waals surface area contributed by atoms with Crippen LogP contribution in [-0.4, -0.2) is 85.1 Å². The van der Waals surface area contributed by atoms with Crippen LogP contribution >= 0.6 is 11.6 Å². The minimum Gasteiger partial charge on any atom is -0.488 e. The van der Waals surface area contributed by atoms with E-state index in [2.05, 4.69) is 26.5 Å². The summed E-state index contributed by atoms with van der Waals surface area (Å²) in [6.07, 6.45) is 6.15. The third-order valence-electron chi connectivity index (χ3n) is 9.18. The first-order valence-corrected chi connectivity index (χ1v) is 16.1. The zero-order valence-electron chi connectivity index (χ0n) is 27.4. The molecule has 2 saturated heterocycles. The summed E-state index contributed by atoms with van der Waals surface area (Å²) in [5.41, 5.74) is -1.33. The number of ether oxygens (including phenoxy) is 1. The minimum atomic E-state index is -1.91. The van der Waals surface area contributed by atoms with Gasteiger partial charge in [-0.05, 0) is 49.4 Å². The maximum atomic E-state index is 16.0. The van der Waals surface area contributed by atoms with Crippen LogP contribution in [0.5, 0.6) is 5.75 Å². The molecule has 1 aromatic carbocycles. The number of pyridine rings is 1. The number of carbonyl (C=O) groups is 2. The van der Waals surface area contributed by atoms with Crippen molar-refractivity contribution in [2.75, 3.05) is 31.1 Å².